The molecule has 25 heavy (non-hydrogen) atoms. The molecule has 0 spiro atoms. The second-order valence-corrected chi connectivity index (χ2v) is 6.57. The fourth-order valence-corrected chi connectivity index (χ4v) is 3.14. The summed E-state index contributed by atoms with van der Waals surface area (Å²) in [4.78, 5) is 21.6. The average Bonchev–Trinajstić information content (AvgIpc) is 3.12. The van der Waals surface area contributed by atoms with Gasteiger partial charge in [0.15, 0.2) is 5.16 Å². The van der Waals surface area contributed by atoms with E-state index < -0.39 is 0 Å². The summed E-state index contributed by atoms with van der Waals surface area (Å²) in [5.41, 5.74) is 1.85. The first-order valence-electron chi connectivity index (χ1n) is 8.03. The van der Waals surface area contributed by atoms with Crippen LogP contribution in [-0.2, 0) is 11.3 Å². The van der Waals surface area contributed by atoms with E-state index in [1.54, 1.807) is 24.7 Å². The molecule has 3 rings (SSSR count). The minimum absolute atomic E-state index is 0.0158. The maximum atomic E-state index is 12.1. The summed E-state index contributed by atoms with van der Waals surface area (Å²) < 4.78 is 1.83. The number of aryl methyl sites for hydroxylation is 2. The Morgan fingerprint density at radius 3 is 2.76 bits per heavy atom. The van der Waals surface area contributed by atoms with Crippen LogP contribution in [0.3, 0.4) is 0 Å². The summed E-state index contributed by atoms with van der Waals surface area (Å²) >= 11 is 1.50. The molecule has 0 atom stereocenters. The van der Waals surface area contributed by atoms with Gasteiger partial charge >= 0.3 is 0 Å². The van der Waals surface area contributed by atoms with Crippen LogP contribution in [0, 0.1) is 6.92 Å². The minimum atomic E-state index is 0.0158. The maximum Gasteiger partial charge on any atom is 0.224 e. The van der Waals surface area contributed by atoms with Gasteiger partial charge in [-0.05, 0) is 61.0 Å². The van der Waals surface area contributed by atoms with E-state index >= 15 is 0 Å². The van der Waals surface area contributed by atoms with E-state index in [4.69, 9.17) is 0 Å². The highest BCUT2D eigenvalue weighted by molar-refractivity contribution is 7.99. The Kier molecular flexibility index (Phi) is 5.79. The van der Waals surface area contributed by atoms with Crippen molar-refractivity contribution in [3.05, 3.63) is 60.7 Å². The van der Waals surface area contributed by atoms with Gasteiger partial charge in [-0.2, -0.15) is 5.10 Å². The standard InChI is InChI=1S/C18H19N5OS/c1-14-13-15(25-18-19-8-3-9-20-18)6-7-16(14)22-17(24)5-2-11-23-12-4-10-21-23/h3-4,6-10,12-13H,2,5,11H2,1H3,(H,22,24). The van der Waals surface area contributed by atoms with Crippen LogP contribution in [0.15, 0.2) is 65.2 Å². The van der Waals surface area contributed by atoms with Crippen LogP contribution in [0.4, 0.5) is 5.69 Å². The van der Waals surface area contributed by atoms with Gasteiger partial charge < -0.3 is 5.32 Å². The Morgan fingerprint density at radius 1 is 1.20 bits per heavy atom. The molecule has 0 aliphatic heterocycles. The molecule has 3 aromatic rings. The lowest BCUT2D eigenvalue weighted by molar-refractivity contribution is -0.116. The highest BCUT2D eigenvalue weighted by Crippen LogP contribution is 2.27. The fraction of sp³-hybridized carbons (Fsp3) is 0.222. The van der Waals surface area contributed by atoms with E-state index in [0.29, 0.717) is 11.6 Å². The molecule has 128 valence electrons. The second-order valence-electron chi connectivity index (χ2n) is 5.53. The van der Waals surface area contributed by atoms with E-state index in [0.717, 1.165) is 29.1 Å². The van der Waals surface area contributed by atoms with Crippen LogP contribution in [-0.4, -0.2) is 25.7 Å². The molecule has 1 aromatic carbocycles. The zero-order valence-electron chi connectivity index (χ0n) is 13.9. The molecule has 0 saturated heterocycles. The number of hydrogen-bond donors (Lipinski definition) is 1. The van der Waals surface area contributed by atoms with Crippen molar-refractivity contribution in [3.63, 3.8) is 0 Å². The van der Waals surface area contributed by atoms with Gasteiger partial charge in [-0.3, -0.25) is 9.48 Å². The van der Waals surface area contributed by atoms with Gasteiger partial charge in [0.05, 0.1) is 0 Å². The summed E-state index contributed by atoms with van der Waals surface area (Å²) in [7, 11) is 0. The lowest BCUT2D eigenvalue weighted by Crippen LogP contribution is -2.13. The topological polar surface area (TPSA) is 72.7 Å². The van der Waals surface area contributed by atoms with Crippen molar-refractivity contribution >= 4 is 23.4 Å². The van der Waals surface area contributed by atoms with Gasteiger partial charge in [0.25, 0.3) is 0 Å². The van der Waals surface area contributed by atoms with Crippen LogP contribution in [0.2, 0.25) is 0 Å². The minimum Gasteiger partial charge on any atom is -0.326 e. The molecule has 2 aromatic heterocycles. The van der Waals surface area contributed by atoms with Gasteiger partial charge in [0.2, 0.25) is 5.91 Å². The Balaban J connectivity index is 1.52. The monoisotopic (exact) mass is 353 g/mol. The predicted molar refractivity (Wildman–Crippen MR) is 97.4 cm³/mol. The van der Waals surface area contributed by atoms with Crippen molar-refractivity contribution in [1.82, 2.24) is 19.7 Å². The zero-order chi connectivity index (χ0) is 17.5. The number of anilines is 1. The van der Waals surface area contributed by atoms with E-state index in [1.165, 1.54) is 11.8 Å². The van der Waals surface area contributed by atoms with Gasteiger partial charge in [0.1, 0.15) is 0 Å². The number of carbonyl (C=O) groups is 1. The first kappa shape index (κ1) is 17.2. The van der Waals surface area contributed by atoms with Crippen molar-refractivity contribution in [2.24, 2.45) is 0 Å². The van der Waals surface area contributed by atoms with Gasteiger partial charge in [-0.1, -0.05) is 0 Å². The summed E-state index contributed by atoms with van der Waals surface area (Å²) in [6.45, 7) is 2.72. The Hall–Kier alpha value is -2.67. The lowest BCUT2D eigenvalue weighted by atomic mass is 10.2. The van der Waals surface area contributed by atoms with Crippen LogP contribution >= 0.6 is 11.8 Å². The third kappa shape index (κ3) is 5.15. The molecular weight excluding hydrogens is 334 g/mol. The van der Waals surface area contributed by atoms with Crippen molar-refractivity contribution in [1.29, 1.82) is 0 Å². The quantitative estimate of drug-likeness (QED) is 0.658. The van der Waals surface area contributed by atoms with Gasteiger partial charge in [-0.15, -0.1) is 0 Å². The molecule has 0 unspecified atom stereocenters. The van der Waals surface area contributed by atoms with Crippen LogP contribution in [0.5, 0.6) is 0 Å². The summed E-state index contributed by atoms with van der Waals surface area (Å²) in [6.07, 6.45) is 8.30. The molecule has 0 fully saturated rings. The van der Waals surface area contributed by atoms with Crippen molar-refractivity contribution in [3.8, 4) is 0 Å². The molecule has 6 nitrogen and oxygen atoms in total. The van der Waals surface area contributed by atoms with Gasteiger partial charge in [0, 0.05) is 48.3 Å². The third-order valence-corrected chi connectivity index (χ3v) is 4.46. The SMILES string of the molecule is Cc1cc(Sc2ncccn2)ccc1NC(=O)CCCn1cccn1. The molecule has 0 bridgehead atoms. The second kappa shape index (κ2) is 8.43. The van der Waals surface area contributed by atoms with Crippen molar-refractivity contribution in [2.75, 3.05) is 5.32 Å². The summed E-state index contributed by atoms with van der Waals surface area (Å²) in [5, 5.41) is 7.81. The molecule has 1 amide bonds. The van der Waals surface area contributed by atoms with E-state index in [-0.39, 0.29) is 5.91 Å². The first-order chi connectivity index (χ1) is 12.2. The van der Waals surface area contributed by atoms with Crippen LogP contribution in [0.25, 0.3) is 0 Å². The fourth-order valence-electron chi connectivity index (χ4n) is 2.33. The molecular formula is C18H19N5OS. The number of hydrogen-bond acceptors (Lipinski definition) is 5. The first-order valence-corrected chi connectivity index (χ1v) is 8.85. The molecule has 0 aliphatic rings. The lowest BCUT2D eigenvalue weighted by Gasteiger charge is -2.10. The largest absolute Gasteiger partial charge is 0.326 e. The van der Waals surface area contributed by atoms with Crippen molar-refractivity contribution in [2.45, 2.75) is 36.4 Å². The van der Waals surface area contributed by atoms with E-state index in [9.17, 15) is 4.79 Å². The number of rotatable bonds is 7. The number of amides is 1. The molecule has 7 heteroatoms. The average molecular weight is 353 g/mol. The van der Waals surface area contributed by atoms with E-state index in [1.807, 2.05) is 42.1 Å². The van der Waals surface area contributed by atoms with E-state index in [2.05, 4.69) is 20.4 Å². The Morgan fingerprint density at radius 2 is 2.04 bits per heavy atom. The highest BCUT2D eigenvalue weighted by Gasteiger charge is 2.07. The normalized spacial score (nSPS) is 10.6. The van der Waals surface area contributed by atoms with Crippen molar-refractivity contribution < 1.29 is 4.79 Å². The Labute approximate surface area is 150 Å². The summed E-state index contributed by atoms with van der Waals surface area (Å²) in [6, 6.07) is 9.59. The van der Waals surface area contributed by atoms with Crippen LogP contribution < -0.4 is 5.32 Å². The highest BCUT2D eigenvalue weighted by atomic mass is 32.2. The number of aromatic nitrogens is 4. The zero-order valence-corrected chi connectivity index (χ0v) is 14.7. The molecule has 0 radical (unpaired) electrons. The molecule has 0 aliphatic carbocycles. The third-order valence-electron chi connectivity index (χ3n) is 3.57. The van der Waals surface area contributed by atoms with Gasteiger partial charge in [-0.25, -0.2) is 9.97 Å². The predicted octanol–water partition coefficient (Wildman–Crippen LogP) is 3.55. The Bertz CT molecular complexity index is 821. The number of nitrogens with zero attached hydrogens (tertiary/aromatic N) is 4. The number of carbonyl (C=O) groups excluding carboxylic acids is 1. The maximum absolute atomic E-state index is 12.1. The molecule has 1 N–H and O–H groups in total. The smallest absolute Gasteiger partial charge is 0.224 e. The number of benzene rings is 1. The summed E-state index contributed by atoms with van der Waals surface area (Å²) in [5.74, 6) is 0.0158. The van der Waals surface area contributed by atoms with Crippen LogP contribution in [0.1, 0.15) is 18.4 Å². The molecule has 2 heterocycles. The molecule has 0 saturated carbocycles. The number of nitrogens with one attached hydrogen (secondary N) is 1.